The number of aromatic nitrogens is 1. The largest absolute Gasteiger partial charge is 0.476 e. The Kier molecular flexibility index (Phi) is 6.86. The molecule has 2 N–H and O–H groups in total. The summed E-state index contributed by atoms with van der Waals surface area (Å²) in [6.07, 6.45) is 1.32. The van der Waals surface area contributed by atoms with E-state index in [1.165, 1.54) is 28.5 Å². The van der Waals surface area contributed by atoms with Crippen molar-refractivity contribution in [1.29, 1.82) is 0 Å². The molecule has 1 fully saturated rings. The van der Waals surface area contributed by atoms with Gasteiger partial charge < -0.3 is 15.3 Å². The van der Waals surface area contributed by atoms with E-state index in [4.69, 9.17) is 28.3 Å². The Morgan fingerprint density at radius 3 is 3.00 bits per heavy atom. The number of carbonyl (C=O) groups is 2. The third-order valence-corrected chi connectivity index (χ3v) is 7.01. The Balaban J connectivity index is 1.52. The van der Waals surface area contributed by atoms with Crippen molar-refractivity contribution in [3.63, 3.8) is 0 Å². The van der Waals surface area contributed by atoms with Crippen molar-refractivity contribution in [3.05, 3.63) is 39.3 Å². The summed E-state index contributed by atoms with van der Waals surface area (Å²) in [4.78, 5) is 29.0. The van der Waals surface area contributed by atoms with Crippen LogP contribution >= 0.6 is 46.3 Å². The molecule has 1 aromatic carbocycles. The summed E-state index contributed by atoms with van der Waals surface area (Å²) < 4.78 is 0.694. The predicted molar refractivity (Wildman–Crippen MR) is 109 cm³/mol. The van der Waals surface area contributed by atoms with Crippen LogP contribution < -0.4 is 5.32 Å². The SMILES string of the molecule is O=C(O)c1csc(SCCN2C(=O)CC[C@@H]2CNc2cccc(Cl)c2Cl)n1. The van der Waals surface area contributed by atoms with Crippen LogP contribution in [0.3, 0.4) is 0 Å². The van der Waals surface area contributed by atoms with Gasteiger partial charge in [-0.05, 0) is 18.6 Å². The van der Waals surface area contributed by atoms with E-state index < -0.39 is 5.97 Å². The molecule has 0 spiro atoms. The van der Waals surface area contributed by atoms with Gasteiger partial charge in [-0.2, -0.15) is 0 Å². The molecule has 27 heavy (non-hydrogen) atoms. The van der Waals surface area contributed by atoms with Crippen molar-refractivity contribution in [3.8, 4) is 0 Å². The number of carboxylic acids is 1. The lowest BCUT2D eigenvalue weighted by molar-refractivity contribution is -0.128. The highest BCUT2D eigenvalue weighted by atomic mass is 35.5. The molecule has 0 unspecified atom stereocenters. The standard InChI is InChI=1S/C17H17Cl2N3O3S2/c18-11-2-1-3-12(15(11)19)20-8-10-4-5-14(23)22(10)6-7-26-17-21-13(9-27-17)16(24)25/h1-3,9-10,20H,4-8H2,(H,24,25)/t10-/m1/s1. The molecule has 2 aromatic rings. The third kappa shape index (κ3) is 5.07. The van der Waals surface area contributed by atoms with Crippen LogP contribution in [0.5, 0.6) is 0 Å². The van der Waals surface area contributed by atoms with Crippen LogP contribution in [0.1, 0.15) is 23.3 Å². The van der Waals surface area contributed by atoms with Gasteiger partial charge in [0.15, 0.2) is 10.0 Å². The van der Waals surface area contributed by atoms with Gasteiger partial charge in [0.1, 0.15) is 0 Å². The number of rotatable bonds is 8. The van der Waals surface area contributed by atoms with Gasteiger partial charge in [0.05, 0.1) is 15.7 Å². The number of thioether (sulfide) groups is 1. The minimum absolute atomic E-state index is 0.0558. The maximum atomic E-state index is 12.2. The van der Waals surface area contributed by atoms with Crippen LogP contribution in [0, 0.1) is 0 Å². The fourth-order valence-corrected chi connectivity index (χ4v) is 5.01. The molecule has 1 aliphatic rings. The number of aromatic carboxylic acids is 1. The van der Waals surface area contributed by atoms with Crippen molar-refractivity contribution in [1.82, 2.24) is 9.88 Å². The first kappa shape index (κ1) is 20.3. The van der Waals surface area contributed by atoms with E-state index in [9.17, 15) is 9.59 Å². The van der Waals surface area contributed by atoms with E-state index in [-0.39, 0.29) is 17.6 Å². The molecule has 1 amide bonds. The van der Waals surface area contributed by atoms with Crippen molar-refractivity contribution in [2.45, 2.75) is 23.2 Å². The average molecular weight is 446 g/mol. The Hall–Kier alpha value is -1.48. The minimum atomic E-state index is -1.03. The molecule has 0 bridgehead atoms. The molecule has 0 radical (unpaired) electrons. The number of hydrogen-bond acceptors (Lipinski definition) is 6. The zero-order valence-corrected chi connectivity index (χ0v) is 17.3. The van der Waals surface area contributed by atoms with Crippen molar-refractivity contribution in [2.75, 3.05) is 24.2 Å². The molecule has 0 saturated carbocycles. The van der Waals surface area contributed by atoms with Gasteiger partial charge in [-0.25, -0.2) is 9.78 Å². The van der Waals surface area contributed by atoms with Crippen LogP contribution in [-0.2, 0) is 4.79 Å². The molecular weight excluding hydrogens is 429 g/mol. The molecule has 1 atom stereocenters. The summed E-state index contributed by atoms with van der Waals surface area (Å²) >= 11 is 15.0. The number of carboxylic acid groups (broad SMARTS) is 1. The van der Waals surface area contributed by atoms with E-state index in [0.29, 0.717) is 39.6 Å². The molecular formula is C17H17Cl2N3O3S2. The van der Waals surface area contributed by atoms with Crippen LogP contribution in [-0.4, -0.2) is 51.8 Å². The second kappa shape index (κ2) is 9.14. The Morgan fingerprint density at radius 2 is 2.26 bits per heavy atom. The first-order valence-corrected chi connectivity index (χ1v) is 10.9. The average Bonchev–Trinajstić information content (AvgIpc) is 3.24. The first-order valence-electron chi connectivity index (χ1n) is 8.24. The van der Waals surface area contributed by atoms with Gasteiger partial charge in [0.2, 0.25) is 5.91 Å². The Bertz CT molecular complexity index is 847. The molecule has 0 aliphatic carbocycles. The van der Waals surface area contributed by atoms with E-state index in [0.717, 1.165) is 12.1 Å². The molecule has 3 rings (SSSR count). The number of thiazole rings is 1. The van der Waals surface area contributed by atoms with Gasteiger partial charge in [-0.15, -0.1) is 11.3 Å². The van der Waals surface area contributed by atoms with E-state index in [1.54, 1.807) is 6.07 Å². The molecule has 1 aromatic heterocycles. The zero-order valence-electron chi connectivity index (χ0n) is 14.2. The van der Waals surface area contributed by atoms with Crippen LogP contribution in [0.15, 0.2) is 27.9 Å². The van der Waals surface area contributed by atoms with Crippen molar-refractivity contribution < 1.29 is 14.7 Å². The highest BCUT2D eigenvalue weighted by Gasteiger charge is 2.30. The van der Waals surface area contributed by atoms with E-state index >= 15 is 0 Å². The topological polar surface area (TPSA) is 82.5 Å². The Morgan fingerprint density at radius 1 is 1.44 bits per heavy atom. The predicted octanol–water partition coefficient (Wildman–Crippen LogP) is 4.34. The summed E-state index contributed by atoms with van der Waals surface area (Å²) in [5.41, 5.74) is 0.807. The van der Waals surface area contributed by atoms with Crippen LogP contribution in [0.4, 0.5) is 5.69 Å². The second-order valence-electron chi connectivity index (χ2n) is 5.91. The fourth-order valence-electron chi connectivity index (χ4n) is 2.83. The maximum Gasteiger partial charge on any atom is 0.355 e. The lowest BCUT2D eigenvalue weighted by Crippen LogP contribution is -2.39. The van der Waals surface area contributed by atoms with Gasteiger partial charge in [0.25, 0.3) is 0 Å². The summed E-state index contributed by atoms with van der Waals surface area (Å²) in [7, 11) is 0. The highest BCUT2D eigenvalue weighted by molar-refractivity contribution is 8.01. The number of nitrogens with one attached hydrogen (secondary N) is 1. The maximum absolute atomic E-state index is 12.2. The second-order valence-corrected chi connectivity index (χ2v) is 8.90. The number of anilines is 1. The van der Waals surface area contributed by atoms with Gasteiger partial charge in [0, 0.05) is 36.7 Å². The smallest absolute Gasteiger partial charge is 0.355 e. The number of carbonyl (C=O) groups excluding carboxylic acids is 1. The molecule has 2 heterocycles. The summed E-state index contributed by atoms with van der Waals surface area (Å²) in [5.74, 6) is -0.240. The monoisotopic (exact) mass is 445 g/mol. The molecule has 1 aliphatic heterocycles. The molecule has 1 saturated heterocycles. The van der Waals surface area contributed by atoms with E-state index in [2.05, 4.69) is 10.3 Å². The van der Waals surface area contributed by atoms with Crippen molar-refractivity contribution in [2.24, 2.45) is 0 Å². The lowest BCUT2D eigenvalue weighted by Gasteiger charge is -2.25. The normalized spacial score (nSPS) is 16.7. The summed E-state index contributed by atoms with van der Waals surface area (Å²) in [6.45, 7) is 1.18. The third-order valence-electron chi connectivity index (χ3n) is 4.19. The molecule has 144 valence electrons. The number of halogens is 2. The van der Waals surface area contributed by atoms with Crippen molar-refractivity contribution >= 4 is 63.9 Å². The summed E-state index contributed by atoms with van der Waals surface area (Å²) in [5, 5.41) is 14.7. The molecule has 6 nitrogen and oxygen atoms in total. The van der Waals surface area contributed by atoms with Crippen LogP contribution in [0.2, 0.25) is 10.0 Å². The number of amides is 1. The number of benzene rings is 1. The van der Waals surface area contributed by atoms with Gasteiger partial charge >= 0.3 is 5.97 Å². The van der Waals surface area contributed by atoms with Gasteiger partial charge in [-0.3, -0.25) is 4.79 Å². The molecule has 10 heteroatoms. The number of likely N-dealkylation sites (tertiary alicyclic amines) is 1. The highest BCUT2D eigenvalue weighted by Crippen LogP contribution is 2.30. The fraction of sp³-hybridized carbons (Fsp3) is 0.353. The summed E-state index contributed by atoms with van der Waals surface area (Å²) in [6, 6.07) is 5.49. The van der Waals surface area contributed by atoms with E-state index in [1.807, 2.05) is 17.0 Å². The zero-order chi connectivity index (χ0) is 19.4. The Labute approximate surface area is 174 Å². The number of nitrogens with zero attached hydrogens (tertiary/aromatic N) is 2. The van der Waals surface area contributed by atoms with Gasteiger partial charge in [-0.1, -0.05) is 41.0 Å². The number of hydrogen-bond donors (Lipinski definition) is 2. The quantitative estimate of drug-likeness (QED) is 0.587. The lowest BCUT2D eigenvalue weighted by atomic mass is 10.2. The van der Waals surface area contributed by atoms with Crippen LogP contribution in [0.25, 0.3) is 0 Å². The minimum Gasteiger partial charge on any atom is -0.476 e. The first-order chi connectivity index (χ1) is 13.0.